The van der Waals surface area contributed by atoms with Gasteiger partial charge in [-0.1, -0.05) is 6.07 Å². The van der Waals surface area contributed by atoms with E-state index in [0.717, 1.165) is 6.42 Å². The van der Waals surface area contributed by atoms with Gasteiger partial charge in [0, 0.05) is 23.4 Å². The Morgan fingerprint density at radius 3 is 2.77 bits per heavy atom. The SMILES string of the molecule is COc1cccc(N2C(=O)[C@@H]3[C@@H]4CCCN4[C@@]4(C(=O)Nc5ccc(F)cc54)[C@H]3C2=O)c1. The summed E-state index contributed by atoms with van der Waals surface area (Å²) in [5.41, 5.74) is -0.00600. The number of nitrogens with one attached hydrogen (secondary N) is 1. The van der Waals surface area contributed by atoms with Crippen LogP contribution in [-0.4, -0.2) is 42.3 Å². The van der Waals surface area contributed by atoms with Crippen molar-refractivity contribution in [2.45, 2.75) is 24.4 Å². The van der Waals surface area contributed by atoms with Crippen molar-refractivity contribution >= 4 is 29.1 Å². The number of hydrogen-bond donors (Lipinski definition) is 1. The third kappa shape index (κ3) is 2.13. The maximum Gasteiger partial charge on any atom is 0.250 e. The number of fused-ring (bicyclic) bond motifs is 7. The largest absolute Gasteiger partial charge is 0.497 e. The van der Waals surface area contributed by atoms with Gasteiger partial charge in [0.05, 0.1) is 24.6 Å². The van der Waals surface area contributed by atoms with Crippen LogP contribution in [0.1, 0.15) is 18.4 Å². The van der Waals surface area contributed by atoms with Gasteiger partial charge in [-0.15, -0.1) is 0 Å². The average molecular weight is 421 g/mol. The summed E-state index contributed by atoms with van der Waals surface area (Å²) in [4.78, 5) is 44.0. The Bertz CT molecular complexity index is 1170. The Kier molecular flexibility index (Phi) is 3.66. The minimum Gasteiger partial charge on any atom is -0.497 e. The molecule has 4 heterocycles. The highest BCUT2D eigenvalue weighted by atomic mass is 19.1. The van der Waals surface area contributed by atoms with Crippen LogP contribution in [0.2, 0.25) is 0 Å². The van der Waals surface area contributed by atoms with Crippen molar-refractivity contribution in [3.05, 3.63) is 53.8 Å². The smallest absolute Gasteiger partial charge is 0.250 e. The van der Waals surface area contributed by atoms with Gasteiger partial charge in [-0.3, -0.25) is 19.3 Å². The number of amides is 3. The van der Waals surface area contributed by atoms with E-state index in [1.165, 1.54) is 30.2 Å². The molecule has 2 aromatic rings. The van der Waals surface area contributed by atoms with Gasteiger partial charge in [-0.2, -0.15) is 0 Å². The molecule has 158 valence electrons. The summed E-state index contributed by atoms with van der Waals surface area (Å²) in [6.45, 7) is 0.584. The zero-order valence-corrected chi connectivity index (χ0v) is 16.8. The van der Waals surface area contributed by atoms with Crippen molar-refractivity contribution in [3.8, 4) is 5.75 Å². The molecule has 0 aromatic heterocycles. The Balaban J connectivity index is 1.55. The molecule has 0 unspecified atom stereocenters. The van der Waals surface area contributed by atoms with Gasteiger partial charge in [0.25, 0.3) is 0 Å². The maximum absolute atomic E-state index is 14.3. The van der Waals surface area contributed by atoms with Crippen LogP contribution in [0.5, 0.6) is 5.75 Å². The van der Waals surface area contributed by atoms with Crippen LogP contribution in [0, 0.1) is 17.7 Å². The normalized spacial score (nSPS) is 31.2. The van der Waals surface area contributed by atoms with Gasteiger partial charge in [-0.05, 0) is 49.7 Å². The van der Waals surface area contributed by atoms with Gasteiger partial charge in [0.15, 0.2) is 0 Å². The molecule has 1 spiro atoms. The van der Waals surface area contributed by atoms with Gasteiger partial charge in [0.1, 0.15) is 17.1 Å². The highest BCUT2D eigenvalue weighted by Crippen LogP contribution is 2.60. The Labute approximate surface area is 177 Å². The summed E-state index contributed by atoms with van der Waals surface area (Å²) in [7, 11) is 1.52. The number of methoxy groups -OCH3 is 1. The lowest BCUT2D eigenvalue weighted by Gasteiger charge is -2.36. The first-order chi connectivity index (χ1) is 15.0. The second kappa shape index (κ2) is 6.13. The zero-order valence-electron chi connectivity index (χ0n) is 16.8. The number of benzene rings is 2. The summed E-state index contributed by atoms with van der Waals surface area (Å²) >= 11 is 0. The van der Waals surface area contributed by atoms with Crippen LogP contribution >= 0.6 is 0 Å². The fourth-order valence-electron chi connectivity index (χ4n) is 6.18. The van der Waals surface area contributed by atoms with Gasteiger partial charge >= 0.3 is 0 Å². The van der Waals surface area contributed by atoms with E-state index >= 15 is 0 Å². The lowest BCUT2D eigenvalue weighted by atomic mass is 9.75. The number of rotatable bonds is 2. The molecule has 0 aliphatic carbocycles. The van der Waals surface area contributed by atoms with E-state index in [9.17, 15) is 18.8 Å². The van der Waals surface area contributed by atoms with E-state index in [1.54, 1.807) is 24.3 Å². The van der Waals surface area contributed by atoms with Gasteiger partial charge in [0.2, 0.25) is 17.7 Å². The zero-order chi connectivity index (χ0) is 21.5. The molecular weight excluding hydrogens is 401 g/mol. The molecule has 0 bridgehead atoms. The van der Waals surface area contributed by atoms with Crippen molar-refractivity contribution in [2.24, 2.45) is 11.8 Å². The van der Waals surface area contributed by atoms with Crippen LogP contribution < -0.4 is 15.0 Å². The van der Waals surface area contributed by atoms with Crippen molar-refractivity contribution in [1.82, 2.24) is 4.90 Å². The van der Waals surface area contributed by atoms with Gasteiger partial charge in [-0.25, -0.2) is 9.29 Å². The fraction of sp³-hybridized carbons (Fsp3) is 0.348. The van der Waals surface area contributed by atoms with E-state index < -0.39 is 29.1 Å². The standard InChI is InChI=1S/C23H20FN3O4/c1-31-14-5-2-4-13(11-14)27-20(28)18-17-6-3-9-26(17)23(19(18)21(27)29)15-10-12(24)7-8-16(15)25-22(23)30/h2,4-5,7-8,10-11,17-19H,3,6,9H2,1H3,(H,25,30)/t17-,18+,19+,23+/m0/s1. The molecule has 3 saturated heterocycles. The molecule has 0 saturated carbocycles. The molecular formula is C23H20FN3O4. The summed E-state index contributed by atoms with van der Waals surface area (Å²) in [5.74, 6) is -2.60. The summed E-state index contributed by atoms with van der Waals surface area (Å²) < 4.78 is 19.5. The van der Waals surface area contributed by atoms with E-state index in [-0.39, 0.29) is 17.9 Å². The monoisotopic (exact) mass is 421 g/mol. The Hall–Kier alpha value is -3.26. The minimum atomic E-state index is -1.37. The first-order valence-electron chi connectivity index (χ1n) is 10.4. The molecule has 7 nitrogen and oxygen atoms in total. The predicted molar refractivity (Wildman–Crippen MR) is 109 cm³/mol. The first kappa shape index (κ1) is 18.5. The topological polar surface area (TPSA) is 79.0 Å². The molecule has 3 fully saturated rings. The number of anilines is 2. The second-order valence-electron chi connectivity index (χ2n) is 8.53. The predicted octanol–water partition coefficient (Wildman–Crippen LogP) is 2.27. The van der Waals surface area contributed by atoms with E-state index in [2.05, 4.69) is 5.32 Å². The number of imide groups is 1. The molecule has 0 radical (unpaired) electrons. The summed E-state index contributed by atoms with van der Waals surface area (Å²) in [6, 6.07) is 10.7. The summed E-state index contributed by atoms with van der Waals surface area (Å²) in [6.07, 6.45) is 1.53. The van der Waals surface area contributed by atoms with Crippen LogP contribution in [0.4, 0.5) is 15.8 Å². The lowest BCUT2D eigenvalue weighted by Crippen LogP contribution is -2.54. The minimum absolute atomic E-state index is 0.239. The maximum atomic E-state index is 14.3. The highest BCUT2D eigenvalue weighted by molar-refractivity contribution is 6.25. The number of carbonyl (C=O) groups is 3. The molecule has 2 aromatic carbocycles. The Morgan fingerprint density at radius 1 is 1.13 bits per heavy atom. The molecule has 8 heteroatoms. The van der Waals surface area contributed by atoms with Crippen molar-refractivity contribution in [1.29, 1.82) is 0 Å². The van der Waals surface area contributed by atoms with Crippen LogP contribution in [0.15, 0.2) is 42.5 Å². The second-order valence-corrected chi connectivity index (χ2v) is 8.53. The Morgan fingerprint density at radius 2 is 1.97 bits per heavy atom. The van der Waals surface area contributed by atoms with Gasteiger partial charge < -0.3 is 10.1 Å². The van der Waals surface area contributed by atoms with E-state index in [4.69, 9.17) is 4.74 Å². The molecule has 1 N–H and O–H groups in total. The van der Waals surface area contributed by atoms with Crippen LogP contribution in [-0.2, 0) is 19.9 Å². The summed E-state index contributed by atoms with van der Waals surface area (Å²) in [5, 5.41) is 2.84. The molecule has 6 rings (SSSR count). The van der Waals surface area contributed by atoms with Crippen molar-refractivity contribution in [2.75, 3.05) is 23.9 Å². The van der Waals surface area contributed by atoms with Crippen LogP contribution in [0.25, 0.3) is 0 Å². The highest BCUT2D eigenvalue weighted by Gasteiger charge is 2.74. The van der Waals surface area contributed by atoms with Crippen molar-refractivity contribution in [3.63, 3.8) is 0 Å². The number of carbonyl (C=O) groups excluding carboxylic acids is 3. The van der Waals surface area contributed by atoms with E-state index in [1.807, 2.05) is 4.90 Å². The van der Waals surface area contributed by atoms with Crippen molar-refractivity contribution < 1.29 is 23.5 Å². The molecule has 4 atom stereocenters. The molecule has 31 heavy (non-hydrogen) atoms. The molecule has 4 aliphatic rings. The third-order valence-electron chi connectivity index (χ3n) is 7.27. The third-order valence-corrected chi connectivity index (χ3v) is 7.27. The quantitative estimate of drug-likeness (QED) is 0.753. The fourth-order valence-corrected chi connectivity index (χ4v) is 6.18. The molecule has 4 aliphatic heterocycles. The first-order valence-corrected chi connectivity index (χ1v) is 10.4. The van der Waals surface area contributed by atoms with Crippen LogP contribution in [0.3, 0.4) is 0 Å². The lowest BCUT2D eigenvalue weighted by molar-refractivity contribution is -0.135. The average Bonchev–Trinajstić information content (AvgIpc) is 3.46. The number of hydrogen-bond acceptors (Lipinski definition) is 5. The van der Waals surface area contributed by atoms with E-state index in [0.29, 0.717) is 35.7 Å². The molecule has 3 amide bonds. The number of halogens is 1. The number of ether oxygens (including phenoxy) is 1. The number of nitrogens with zero attached hydrogens (tertiary/aromatic N) is 2.